The van der Waals surface area contributed by atoms with Gasteiger partial charge in [0, 0.05) is 11.9 Å². The molecule has 0 aliphatic rings. The number of fused-ring (bicyclic) bond motifs is 2. The molecule has 18 heavy (non-hydrogen) atoms. The fourth-order valence-electron chi connectivity index (χ4n) is 2.32. The molecule has 0 spiro atoms. The normalized spacial score (nSPS) is 10.9. The molecule has 1 heteroatoms. The summed E-state index contributed by atoms with van der Waals surface area (Å²) in [5.74, 6) is 0. The summed E-state index contributed by atoms with van der Waals surface area (Å²) in [5.41, 5.74) is 1.11. The van der Waals surface area contributed by atoms with Crippen LogP contribution in [0.2, 0.25) is 0 Å². The van der Waals surface area contributed by atoms with Crippen LogP contribution in [0.15, 0.2) is 54.6 Å². The van der Waals surface area contributed by atoms with E-state index in [2.05, 4.69) is 66.8 Å². The first-order chi connectivity index (χ1) is 8.88. The van der Waals surface area contributed by atoms with Crippen molar-refractivity contribution in [3.63, 3.8) is 0 Å². The molecule has 0 bridgehead atoms. The molecular weight excluding hydrogens is 218 g/mol. The summed E-state index contributed by atoms with van der Waals surface area (Å²) >= 11 is 0. The summed E-state index contributed by atoms with van der Waals surface area (Å²) in [6, 6.07) is 19.3. The molecule has 1 nitrogen and oxygen atoms in total. The SMILES string of the molecule is CCC[N]c1cccc2cc3ccccc3cc12. The third-order valence-corrected chi connectivity index (χ3v) is 3.23. The molecule has 0 fully saturated rings. The average Bonchev–Trinajstić information content (AvgIpc) is 2.43. The van der Waals surface area contributed by atoms with Crippen molar-refractivity contribution < 1.29 is 0 Å². The molecule has 3 aromatic carbocycles. The third-order valence-electron chi connectivity index (χ3n) is 3.23. The first-order valence-electron chi connectivity index (χ1n) is 6.47. The molecule has 0 N–H and O–H groups in total. The molecule has 0 saturated heterocycles. The minimum atomic E-state index is 0.895. The lowest BCUT2D eigenvalue weighted by molar-refractivity contribution is 0.808. The van der Waals surface area contributed by atoms with Gasteiger partial charge in [0.15, 0.2) is 0 Å². The zero-order valence-electron chi connectivity index (χ0n) is 10.6. The Kier molecular flexibility index (Phi) is 2.89. The van der Waals surface area contributed by atoms with Gasteiger partial charge in [-0.15, -0.1) is 0 Å². The van der Waals surface area contributed by atoms with Gasteiger partial charge >= 0.3 is 0 Å². The average molecular weight is 234 g/mol. The molecule has 0 atom stereocenters. The monoisotopic (exact) mass is 234 g/mol. The van der Waals surface area contributed by atoms with Crippen molar-refractivity contribution in [2.75, 3.05) is 6.54 Å². The summed E-state index contributed by atoms with van der Waals surface area (Å²) < 4.78 is 0. The third kappa shape index (κ3) is 1.92. The molecule has 0 heterocycles. The largest absolute Gasteiger partial charge is 0.285 e. The highest BCUT2D eigenvalue weighted by molar-refractivity contribution is 6.02. The summed E-state index contributed by atoms with van der Waals surface area (Å²) in [4.78, 5) is 0. The van der Waals surface area contributed by atoms with Crippen molar-refractivity contribution in [1.82, 2.24) is 5.32 Å². The lowest BCUT2D eigenvalue weighted by atomic mass is 10.0. The first kappa shape index (κ1) is 11.1. The van der Waals surface area contributed by atoms with Crippen molar-refractivity contribution in [2.45, 2.75) is 13.3 Å². The Balaban J connectivity index is 2.22. The number of nitrogens with zero attached hydrogens (tertiary/aromatic N) is 1. The van der Waals surface area contributed by atoms with E-state index in [-0.39, 0.29) is 0 Å². The predicted octanol–water partition coefficient (Wildman–Crippen LogP) is 4.64. The van der Waals surface area contributed by atoms with Gasteiger partial charge in [-0.05, 0) is 40.8 Å². The summed E-state index contributed by atoms with van der Waals surface area (Å²) in [7, 11) is 0. The molecule has 0 aliphatic carbocycles. The molecule has 0 amide bonds. The topological polar surface area (TPSA) is 14.1 Å². The number of benzene rings is 3. The molecule has 89 valence electrons. The smallest absolute Gasteiger partial charge is 0.0652 e. The van der Waals surface area contributed by atoms with Gasteiger partial charge in [-0.2, -0.15) is 0 Å². The highest BCUT2D eigenvalue weighted by atomic mass is 14.9. The molecule has 1 radical (unpaired) electrons. The van der Waals surface area contributed by atoms with Gasteiger partial charge in [0.25, 0.3) is 0 Å². The van der Waals surface area contributed by atoms with Crippen LogP contribution < -0.4 is 5.32 Å². The quantitative estimate of drug-likeness (QED) is 0.586. The Morgan fingerprint density at radius 2 is 1.56 bits per heavy atom. The second-order valence-electron chi connectivity index (χ2n) is 4.58. The predicted molar refractivity (Wildman–Crippen MR) is 78.4 cm³/mol. The number of hydrogen-bond acceptors (Lipinski definition) is 0. The second kappa shape index (κ2) is 4.69. The fourth-order valence-corrected chi connectivity index (χ4v) is 2.32. The van der Waals surface area contributed by atoms with Gasteiger partial charge < -0.3 is 0 Å². The van der Waals surface area contributed by atoms with Crippen LogP contribution in [-0.4, -0.2) is 6.54 Å². The van der Waals surface area contributed by atoms with Crippen molar-refractivity contribution in [3.8, 4) is 0 Å². The van der Waals surface area contributed by atoms with Crippen molar-refractivity contribution in [1.29, 1.82) is 0 Å². The Labute approximate surface area is 107 Å². The van der Waals surface area contributed by atoms with Crippen LogP contribution in [0.25, 0.3) is 21.5 Å². The van der Waals surface area contributed by atoms with E-state index in [1.807, 2.05) is 0 Å². The van der Waals surface area contributed by atoms with E-state index in [1.54, 1.807) is 0 Å². The molecular formula is C17H16N. The van der Waals surface area contributed by atoms with Crippen molar-refractivity contribution in [2.24, 2.45) is 0 Å². The van der Waals surface area contributed by atoms with Crippen molar-refractivity contribution >= 4 is 27.2 Å². The highest BCUT2D eigenvalue weighted by Crippen LogP contribution is 2.28. The van der Waals surface area contributed by atoms with Crippen LogP contribution in [0.5, 0.6) is 0 Å². The van der Waals surface area contributed by atoms with Gasteiger partial charge in [-0.3, -0.25) is 5.32 Å². The van der Waals surface area contributed by atoms with Crippen LogP contribution in [0.3, 0.4) is 0 Å². The number of hydrogen-bond donors (Lipinski definition) is 0. The van der Waals surface area contributed by atoms with Crippen LogP contribution in [0.1, 0.15) is 13.3 Å². The van der Waals surface area contributed by atoms with Crippen LogP contribution in [0, 0.1) is 0 Å². The Morgan fingerprint density at radius 3 is 2.33 bits per heavy atom. The molecule has 0 aromatic heterocycles. The van der Waals surface area contributed by atoms with Gasteiger partial charge in [0.1, 0.15) is 0 Å². The van der Waals surface area contributed by atoms with E-state index in [1.165, 1.54) is 21.5 Å². The van der Waals surface area contributed by atoms with Crippen molar-refractivity contribution in [3.05, 3.63) is 54.6 Å². The van der Waals surface area contributed by atoms with Crippen LogP contribution in [-0.2, 0) is 0 Å². The lowest BCUT2D eigenvalue weighted by Gasteiger charge is -2.08. The minimum absolute atomic E-state index is 0.895. The van der Waals surface area contributed by atoms with E-state index in [0.717, 1.165) is 18.7 Å². The molecule has 0 saturated carbocycles. The van der Waals surface area contributed by atoms with E-state index >= 15 is 0 Å². The maximum Gasteiger partial charge on any atom is 0.0652 e. The van der Waals surface area contributed by atoms with Crippen LogP contribution >= 0.6 is 0 Å². The number of rotatable bonds is 3. The maximum atomic E-state index is 4.66. The maximum absolute atomic E-state index is 4.66. The Morgan fingerprint density at radius 1 is 0.833 bits per heavy atom. The molecule has 0 aliphatic heterocycles. The second-order valence-corrected chi connectivity index (χ2v) is 4.58. The molecule has 3 aromatic rings. The summed E-state index contributed by atoms with van der Waals surface area (Å²) in [5, 5.41) is 9.75. The summed E-state index contributed by atoms with van der Waals surface area (Å²) in [6.45, 7) is 3.05. The zero-order valence-corrected chi connectivity index (χ0v) is 10.6. The molecule has 3 rings (SSSR count). The van der Waals surface area contributed by atoms with Gasteiger partial charge in [-0.25, -0.2) is 0 Å². The van der Waals surface area contributed by atoms with Crippen LogP contribution in [0.4, 0.5) is 5.69 Å². The Hall–Kier alpha value is -2.02. The molecule has 0 unspecified atom stereocenters. The van der Waals surface area contributed by atoms with E-state index < -0.39 is 0 Å². The van der Waals surface area contributed by atoms with Gasteiger partial charge in [0.05, 0.1) is 5.69 Å². The summed E-state index contributed by atoms with van der Waals surface area (Å²) in [6.07, 6.45) is 1.09. The van der Waals surface area contributed by atoms with E-state index in [9.17, 15) is 0 Å². The van der Waals surface area contributed by atoms with E-state index in [4.69, 9.17) is 0 Å². The van der Waals surface area contributed by atoms with Gasteiger partial charge in [-0.1, -0.05) is 43.3 Å². The fraction of sp³-hybridized carbons (Fsp3) is 0.176. The Bertz CT molecular complexity index is 685. The van der Waals surface area contributed by atoms with E-state index in [0.29, 0.717) is 0 Å². The van der Waals surface area contributed by atoms with Gasteiger partial charge in [0.2, 0.25) is 0 Å². The standard InChI is InChI=1S/C17H16N/c1-2-10-18-17-9-5-8-15-11-13-6-3-4-7-14(13)12-16(15)17/h3-9,11-12H,2,10H2,1H3. The lowest BCUT2D eigenvalue weighted by Crippen LogP contribution is -1.98. The highest BCUT2D eigenvalue weighted by Gasteiger charge is 2.03. The first-order valence-corrected chi connectivity index (χ1v) is 6.47. The zero-order chi connectivity index (χ0) is 12.4. The minimum Gasteiger partial charge on any atom is -0.285 e.